The van der Waals surface area contributed by atoms with E-state index in [0.29, 0.717) is 6.42 Å². The molecule has 0 aliphatic rings. The van der Waals surface area contributed by atoms with E-state index in [0.717, 1.165) is 6.08 Å². The lowest BCUT2D eigenvalue weighted by Gasteiger charge is -1.95. The van der Waals surface area contributed by atoms with Gasteiger partial charge in [0.1, 0.15) is 0 Å². The van der Waals surface area contributed by atoms with E-state index in [1.165, 1.54) is 13.0 Å². The molecule has 0 unspecified atom stereocenters. The fourth-order valence-electron chi connectivity index (χ4n) is 0.455. The van der Waals surface area contributed by atoms with E-state index in [-0.39, 0.29) is 12.6 Å². The van der Waals surface area contributed by atoms with Gasteiger partial charge in [0.2, 0.25) is 0 Å². The van der Waals surface area contributed by atoms with E-state index in [4.69, 9.17) is 5.11 Å². The summed E-state index contributed by atoms with van der Waals surface area (Å²) in [6.07, 6.45) is 2.89. The summed E-state index contributed by atoms with van der Waals surface area (Å²) in [5.41, 5.74) is 0. The Balaban J connectivity index is 3.27. The molecule has 0 aromatic rings. The Hall–Kier alpha value is -1.32. The van der Waals surface area contributed by atoms with Crippen LogP contribution in [0.2, 0.25) is 0 Å². The third kappa shape index (κ3) is 8.68. The highest BCUT2D eigenvalue weighted by Gasteiger charge is 1.89. The standard InChI is InChI=1S/C7H10O4/c1-6(8)11-5-3-2-4-7(9)10/h2,4H,3,5H2,1H3,(H,9,10)/b4-2+. The number of carbonyl (C=O) groups is 2. The zero-order chi connectivity index (χ0) is 8.69. The smallest absolute Gasteiger partial charge is 0.327 e. The van der Waals surface area contributed by atoms with Gasteiger partial charge in [-0.25, -0.2) is 4.79 Å². The quantitative estimate of drug-likeness (QED) is 0.369. The maximum absolute atomic E-state index is 10.2. The van der Waals surface area contributed by atoms with Gasteiger partial charge in [-0.15, -0.1) is 0 Å². The average Bonchev–Trinajstić information content (AvgIpc) is 1.85. The minimum atomic E-state index is -0.993. The van der Waals surface area contributed by atoms with E-state index in [1.54, 1.807) is 0 Å². The average molecular weight is 158 g/mol. The second kappa shape index (κ2) is 5.46. The molecule has 11 heavy (non-hydrogen) atoms. The largest absolute Gasteiger partial charge is 0.478 e. The molecule has 0 fully saturated rings. The van der Waals surface area contributed by atoms with Crippen LogP contribution in [0, 0.1) is 0 Å². The third-order valence-corrected chi connectivity index (χ3v) is 0.850. The number of carboxylic acids is 1. The molecule has 0 saturated heterocycles. The van der Waals surface area contributed by atoms with E-state index >= 15 is 0 Å². The summed E-state index contributed by atoms with van der Waals surface area (Å²) in [5, 5.41) is 8.13. The number of hydrogen-bond donors (Lipinski definition) is 1. The maximum atomic E-state index is 10.2. The Labute approximate surface area is 64.5 Å². The van der Waals surface area contributed by atoms with Gasteiger partial charge >= 0.3 is 11.9 Å². The molecule has 1 N–H and O–H groups in total. The third-order valence-electron chi connectivity index (χ3n) is 0.850. The van der Waals surface area contributed by atoms with Gasteiger partial charge in [0, 0.05) is 19.4 Å². The number of ether oxygens (including phenoxy) is 1. The summed E-state index contributed by atoms with van der Waals surface area (Å²) in [7, 11) is 0. The topological polar surface area (TPSA) is 63.6 Å². The molecule has 0 bridgehead atoms. The van der Waals surface area contributed by atoms with Crippen LogP contribution in [0.25, 0.3) is 0 Å². The molecule has 0 spiro atoms. The van der Waals surface area contributed by atoms with Crippen LogP contribution in [0.3, 0.4) is 0 Å². The Kier molecular flexibility index (Phi) is 4.81. The second-order valence-corrected chi connectivity index (χ2v) is 1.87. The lowest BCUT2D eigenvalue weighted by atomic mass is 10.4. The van der Waals surface area contributed by atoms with Crippen molar-refractivity contribution >= 4 is 11.9 Å². The molecule has 0 radical (unpaired) electrons. The number of carbonyl (C=O) groups excluding carboxylic acids is 1. The number of carboxylic acid groups (broad SMARTS) is 1. The first kappa shape index (κ1) is 9.68. The summed E-state index contributed by atoms with van der Waals surface area (Å²) in [4.78, 5) is 20.1. The molecule has 0 rings (SSSR count). The van der Waals surface area contributed by atoms with Crippen LogP contribution in [-0.2, 0) is 14.3 Å². The zero-order valence-corrected chi connectivity index (χ0v) is 6.24. The summed E-state index contributed by atoms with van der Waals surface area (Å²) >= 11 is 0. The minimum absolute atomic E-state index is 0.235. The van der Waals surface area contributed by atoms with Crippen LogP contribution in [0.15, 0.2) is 12.2 Å². The lowest BCUT2D eigenvalue weighted by Crippen LogP contribution is -1.99. The van der Waals surface area contributed by atoms with Gasteiger partial charge < -0.3 is 9.84 Å². The Morgan fingerprint density at radius 1 is 1.55 bits per heavy atom. The Morgan fingerprint density at radius 3 is 2.64 bits per heavy atom. The van der Waals surface area contributed by atoms with Crippen molar-refractivity contribution in [3.05, 3.63) is 12.2 Å². The van der Waals surface area contributed by atoms with Crippen molar-refractivity contribution < 1.29 is 19.4 Å². The molecule has 0 aliphatic carbocycles. The summed E-state index contributed by atoms with van der Waals surface area (Å²) in [6, 6.07) is 0. The first-order valence-corrected chi connectivity index (χ1v) is 3.15. The molecular formula is C7H10O4. The van der Waals surface area contributed by atoms with Crippen molar-refractivity contribution in [2.75, 3.05) is 6.61 Å². The molecule has 0 amide bonds. The van der Waals surface area contributed by atoms with Crippen LogP contribution < -0.4 is 0 Å². The molecule has 4 nitrogen and oxygen atoms in total. The number of hydrogen-bond acceptors (Lipinski definition) is 3. The second-order valence-electron chi connectivity index (χ2n) is 1.87. The summed E-state index contributed by atoms with van der Waals surface area (Å²) in [6.45, 7) is 1.54. The fraction of sp³-hybridized carbons (Fsp3) is 0.429. The van der Waals surface area contributed by atoms with Crippen molar-refractivity contribution in [2.24, 2.45) is 0 Å². The molecule has 62 valence electrons. The molecule has 0 aromatic carbocycles. The van der Waals surface area contributed by atoms with Crippen LogP contribution in [0.4, 0.5) is 0 Å². The van der Waals surface area contributed by atoms with Crippen LogP contribution in [-0.4, -0.2) is 23.7 Å². The molecule has 0 aliphatic heterocycles. The van der Waals surface area contributed by atoms with Gasteiger partial charge in [-0.1, -0.05) is 6.08 Å². The molecule has 0 aromatic heterocycles. The number of rotatable bonds is 4. The number of aliphatic carboxylic acids is 1. The van der Waals surface area contributed by atoms with Crippen molar-refractivity contribution in [1.29, 1.82) is 0 Å². The lowest BCUT2D eigenvalue weighted by molar-refractivity contribution is -0.140. The summed E-state index contributed by atoms with van der Waals surface area (Å²) in [5.74, 6) is -1.35. The van der Waals surface area contributed by atoms with Crippen molar-refractivity contribution in [1.82, 2.24) is 0 Å². The van der Waals surface area contributed by atoms with Gasteiger partial charge in [-0.2, -0.15) is 0 Å². The van der Waals surface area contributed by atoms with Gasteiger partial charge in [0.05, 0.1) is 6.61 Å². The van der Waals surface area contributed by atoms with Crippen LogP contribution >= 0.6 is 0 Å². The SMILES string of the molecule is CC(=O)OCC/C=C/C(=O)O. The molecule has 0 atom stereocenters. The monoisotopic (exact) mass is 158 g/mol. The van der Waals surface area contributed by atoms with Crippen molar-refractivity contribution in [3.8, 4) is 0 Å². The van der Waals surface area contributed by atoms with Gasteiger partial charge in [-0.05, 0) is 0 Å². The first-order valence-electron chi connectivity index (χ1n) is 3.15. The predicted octanol–water partition coefficient (Wildman–Crippen LogP) is 0.580. The van der Waals surface area contributed by atoms with Crippen LogP contribution in [0.1, 0.15) is 13.3 Å². The van der Waals surface area contributed by atoms with Gasteiger partial charge in [-0.3, -0.25) is 4.79 Å². The highest BCUT2D eigenvalue weighted by Crippen LogP contribution is 1.85. The van der Waals surface area contributed by atoms with Gasteiger partial charge in [0.25, 0.3) is 0 Å². The normalized spacial score (nSPS) is 9.91. The van der Waals surface area contributed by atoms with E-state index < -0.39 is 5.97 Å². The minimum Gasteiger partial charge on any atom is -0.478 e. The molecule has 0 heterocycles. The molecular weight excluding hydrogens is 148 g/mol. The van der Waals surface area contributed by atoms with Crippen LogP contribution in [0.5, 0.6) is 0 Å². The fourth-order valence-corrected chi connectivity index (χ4v) is 0.455. The highest BCUT2D eigenvalue weighted by atomic mass is 16.5. The Bertz CT molecular complexity index is 171. The van der Waals surface area contributed by atoms with E-state index in [9.17, 15) is 9.59 Å². The molecule has 0 saturated carbocycles. The number of esters is 1. The highest BCUT2D eigenvalue weighted by molar-refractivity contribution is 5.79. The first-order chi connectivity index (χ1) is 5.13. The van der Waals surface area contributed by atoms with Crippen molar-refractivity contribution in [2.45, 2.75) is 13.3 Å². The van der Waals surface area contributed by atoms with E-state index in [2.05, 4.69) is 4.74 Å². The van der Waals surface area contributed by atoms with E-state index in [1.807, 2.05) is 0 Å². The maximum Gasteiger partial charge on any atom is 0.327 e. The summed E-state index contributed by atoms with van der Waals surface area (Å²) < 4.78 is 4.54. The Morgan fingerprint density at radius 2 is 2.18 bits per heavy atom. The van der Waals surface area contributed by atoms with Crippen molar-refractivity contribution in [3.63, 3.8) is 0 Å². The molecule has 4 heteroatoms. The van der Waals surface area contributed by atoms with Gasteiger partial charge in [0.15, 0.2) is 0 Å². The predicted molar refractivity (Wildman–Crippen MR) is 38.0 cm³/mol. The zero-order valence-electron chi connectivity index (χ0n) is 6.24.